The molecule has 0 spiro atoms. The zero-order chi connectivity index (χ0) is 23.5. The number of nitrogens with one attached hydrogen (secondary N) is 2. The molecule has 2 amide bonds. The number of hydrogen-bond acceptors (Lipinski definition) is 4. The molecular formula is C27H38N4O2. The Bertz CT molecular complexity index is 937. The predicted molar refractivity (Wildman–Crippen MR) is 133 cm³/mol. The number of carbonyl (C=O) groups is 2. The number of allylic oxidation sites excluding steroid dienone is 3. The van der Waals surface area contributed by atoms with Gasteiger partial charge in [-0.1, -0.05) is 25.7 Å². The lowest BCUT2D eigenvalue weighted by Gasteiger charge is -2.44. The number of nitrogens with zero attached hydrogens (tertiary/aromatic N) is 2. The maximum absolute atomic E-state index is 12.8. The van der Waals surface area contributed by atoms with Gasteiger partial charge in [0, 0.05) is 41.8 Å². The van der Waals surface area contributed by atoms with Gasteiger partial charge < -0.3 is 20.4 Å². The molecule has 0 aromatic heterocycles. The summed E-state index contributed by atoms with van der Waals surface area (Å²) in [6, 6.07) is 8.26. The average molecular weight is 451 g/mol. The van der Waals surface area contributed by atoms with Crippen LogP contribution < -0.4 is 10.6 Å². The fraction of sp³-hybridized carbons (Fsp3) is 0.556. The monoisotopic (exact) mass is 450 g/mol. The van der Waals surface area contributed by atoms with Crippen LogP contribution in [0.15, 0.2) is 47.4 Å². The van der Waals surface area contributed by atoms with Crippen LogP contribution in [0.2, 0.25) is 0 Å². The van der Waals surface area contributed by atoms with Crippen LogP contribution in [-0.4, -0.2) is 46.8 Å². The standard InChI is InChI=1S/C27H38N4O2/c1-18(28-23-15-13-21(14-16-23)26(32)29-22-9-5-6-10-22)17-25-19(2)30(4)27(33)20(3)31(25)24-11-7-8-12-24/h13-17,20,22,24,28H,5-12H2,1-4H3,(H,29,32)/b18-17+/t20-/m1/s1. The molecule has 33 heavy (non-hydrogen) atoms. The van der Waals surface area contributed by atoms with Crippen molar-refractivity contribution in [2.24, 2.45) is 0 Å². The Balaban J connectivity index is 1.48. The number of benzene rings is 1. The number of rotatable bonds is 6. The molecule has 6 heteroatoms. The highest BCUT2D eigenvalue weighted by Gasteiger charge is 2.37. The van der Waals surface area contributed by atoms with Crippen molar-refractivity contribution in [2.45, 2.75) is 90.3 Å². The SMILES string of the molecule is CC1=C(/C=C(\C)Nc2ccc(C(=O)NC3CCCC3)cc2)N(C2CCCC2)[C@H](C)C(=O)N1C. The van der Waals surface area contributed by atoms with Gasteiger partial charge in [-0.25, -0.2) is 0 Å². The van der Waals surface area contributed by atoms with Crippen LogP contribution in [-0.2, 0) is 4.79 Å². The largest absolute Gasteiger partial charge is 0.359 e. The first-order valence-electron chi connectivity index (χ1n) is 12.5. The van der Waals surface area contributed by atoms with E-state index in [1.54, 1.807) is 4.90 Å². The number of likely N-dealkylation sites (N-methyl/N-ethyl adjacent to an activating group) is 1. The highest BCUT2D eigenvalue weighted by Crippen LogP contribution is 2.34. The number of amides is 2. The Morgan fingerprint density at radius 2 is 1.64 bits per heavy atom. The summed E-state index contributed by atoms with van der Waals surface area (Å²) < 4.78 is 0. The Hall–Kier alpha value is -2.76. The minimum atomic E-state index is -0.154. The predicted octanol–water partition coefficient (Wildman–Crippen LogP) is 5.01. The molecule has 0 radical (unpaired) electrons. The lowest BCUT2D eigenvalue weighted by Crippen LogP contribution is -2.53. The number of carbonyl (C=O) groups excluding carboxylic acids is 2. The first-order valence-corrected chi connectivity index (χ1v) is 12.5. The van der Waals surface area contributed by atoms with E-state index in [2.05, 4.69) is 28.5 Å². The third-order valence-electron chi connectivity index (χ3n) is 7.51. The molecule has 2 fully saturated rings. The lowest BCUT2D eigenvalue weighted by atomic mass is 10.0. The maximum Gasteiger partial charge on any atom is 0.251 e. The van der Waals surface area contributed by atoms with E-state index in [0.29, 0.717) is 17.6 Å². The molecule has 3 aliphatic rings. The van der Waals surface area contributed by atoms with E-state index < -0.39 is 0 Å². The lowest BCUT2D eigenvalue weighted by molar-refractivity contribution is -0.135. The van der Waals surface area contributed by atoms with Crippen molar-refractivity contribution in [3.05, 3.63) is 53.0 Å². The van der Waals surface area contributed by atoms with Crippen LogP contribution in [0.5, 0.6) is 0 Å². The van der Waals surface area contributed by atoms with Gasteiger partial charge in [-0.15, -0.1) is 0 Å². The molecule has 2 aliphatic carbocycles. The van der Waals surface area contributed by atoms with Gasteiger partial charge in [0.1, 0.15) is 6.04 Å². The second-order valence-electron chi connectivity index (χ2n) is 9.87. The molecule has 1 atom stereocenters. The average Bonchev–Trinajstić information content (AvgIpc) is 3.51. The molecule has 178 valence electrons. The van der Waals surface area contributed by atoms with Gasteiger partial charge in [0.05, 0.1) is 5.70 Å². The first kappa shape index (κ1) is 23.4. The van der Waals surface area contributed by atoms with E-state index in [1.165, 1.54) is 25.7 Å². The third-order valence-corrected chi connectivity index (χ3v) is 7.51. The highest BCUT2D eigenvalue weighted by molar-refractivity contribution is 5.94. The highest BCUT2D eigenvalue weighted by atomic mass is 16.2. The normalized spacial score (nSPS) is 23.0. The van der Waals surface area contributed by atoms with E-state index >= 15 is 0 Å². The van der Waals surface area contributed by atoms with Crippen LogP contribution in [0.25, 0.3) is 0 Å². The van der Waals surface area contributed by atoms with Gasteiger partial charge in [0.15, 0.2) is 0 Å². The van der Waals surface area contributed by atoms with Crippen molar-refractivity contribution >= 4 is 17.5 Å². The minimum absolute atomic E-state index is 0.0117. The van der Waals surface area contributed by atoms with Crippen molar-refractivity contribution in [3.63, 3.8) is 0 Å². The van der Waals surface area contributed by atoms with Gasteiger partial charge in [-0.2, -0.15) is 0 Å². The third kappa shape index (κ3) is 5.10. The van der Waals surface area contributed by atoms with E-state index in [9.17, 15) is 9.59 Å². The second-order valence-corrected chi connectivity index (χ2v) is 9.87. The summed E-state index contributed by atoms with van der Waals surface area (Å²) in [6.45, 7) is 6.10. The summed E-state index contributed by atoms with van der Waals surface area (Å²) in [5.41, 5.74) is 4.76. The molecule has 6 nitrogen and oxygen atoms in total. The number of anilines is 1. The Kier molecular flexibility index (Phi) is 7.11. The summed E-state index contributed by atoms with van der Waals surface area (Å²) in [6.07, 6.45) is 11.5. The molecule has 1 heterocycles. The molecule has 2 N–H and O–H groups in total. The summed E-state index contributed by atoms with van der Waals surface area (Å²) >= 11 is 0. The zero-order valence-corrected chi connectivity index (χ0v) is 20.5. The molecule has 0 unspecified atom stereocenters. The van der Waals surface area contributed by atoms with Crippen molar-refractivity contribution in [1.29, 1.82) is 0 Å². The van der Waals surface area contributed by atoms with Crippen molar-refractivity contribution in [3.8, 4) is 0 Å². The van der Waals surface area contributed by atoms with Gasteiger partial charge in [-0.05, 0) is 76.8 Å². The Morgan fingerprint density at radius 3 is 2.27 bits per heavy atom. The molecule has 4 rings (SSSR count). The van der Waals surface area contributed by atoms with E-state index in [4.69, 9.17) is 0 Å². The van der Waals surface area contributed by atoms with Gasteiger partial charge in [0.25, 0.3) is 5.91 Å². The quantitative estimate of drug-likeness (QED) is 0.639. The van der Waals surface area contributed by atoms with Crippen molar-refractivity contribution < 1.29 is 9.59 Å². The summed E-state index contributed by atoms with van der Waals surface area (Å²) in [4.78, 5) is 29.4. The fourth-order valence-electron chi connectivity index (χ4n) is 5.52. The van der Waals surface area contributed by atoms with Crippen LogP contribution >= 0.6 is 0 Å². The molecular weight excluding hydrogens is 412 g/mol. The second kappa shape index (κ2) is 10.0. The number of hydrogen-bond donors (Lipinski definition) is 2. The Labute approximate surface area is 198 Å². The topological polar surface area (TPSA) is 64.7 Å². The van der Waals surface area contributed by atoms with E-state index in [1.807, 2.05) is 45.2 Å². The molecule has 0 bridgehead atoms. The summed E-state index contributed by atoms with van der Waals surface area (Å²) in [7, 11) is 1.87. The zero-order valence-electron chi connectivity index (χ0n) is 20.5. The molecule has 1 aromatic carbocycles. The Morgan fingerprint density at radius 1 is 1.03 bits per heavy atom. The van der Waals surface area contributed by atoms with Gasteiger partial charge in [0.2, 0.25) is 5.91 Å². The van der Waals surface area contributed by atoms with Gasteiger partial charge >= 0.3 is 0 Å². The van der Waals surface area contributed by atoms with Crippen LogP contribution in [0.1, 0.15) is 82.5 Å². The van der Waals surface area contributed by atoms with Crippen LogP contribution in [0, 0.1) is 0 Å². The van der Waals surface area contributed by atoms with Crippen LogP contribution in [0.3, 0.4) is 0 Å². The fourth-order valence-corrected chi connectivity index (χ4v) is 5.52. The molecule has 1 aliphatic heterocycles. The van der Waals surface area contributed by atoms with E-state index in [-0.39, 0.29) is 17.9 Å². The van der Waals surface area contributed by atoms with E-state index in [0.717, 1.165) is 48.5 Å². The molecule has 0 saturated heterocycles. The maximum atomic E-state index is 12.8. The minimum Gasteiger partial charge on any atom is -0.359 e. The van der Waals surface area contributed by atoms with Crippen molar-refractivity contribution in [2.75, 3.05) is 12.4 Å². The van der Waals surface area contributed by atoms with Crippen LogP contribution in [0.4, 0.5) is 5.69 Å². The smallest absolute Gasteiger partial charge is 0.251 e. The molecule has 2 saturated carbocycles. The molecule has 1 aromatic rings. The first-order chi connectivity index (χ1) is 15.8. The summed E-state index contributed by atoms with van der Waals surface area (Å²) in [5, 5.41) is 6.61. The van der Waals surface area contributed by atoms with Crippen molar-refractivity contribution in [1.82, 2.24) is 15.1 Å². The van der Waals surface area contributed by atoms with Gasteiger partial charge in [-0.3, -0.25) is 9.59 Å². The summed E-state index contributed by atoms with van der Waals surface area (Å²) in [5.74, 6) is 0.172.